The van der Waals surface area contributed by atoms with Gasteiger partial charge in [0.15, 0.2) is 0 Å². The number of morpholine rings is 1. The van der Waals surface area contributed by atoms with Gasteiger partial charge in [-0.05, 0) is 19.1 Å². The minimum Gasteiger partial charge on any atom is -0.395 e. The summed E-state index contributed by atoms with van der Waals surface area (Å²) in [5.74, 6) is 0. The summed E-state index contributed by atoms with van der Waals surface area (Å²) < 4.78 is 32.4. The highest BCUT2D eigenvalue weighted by Gasteiger charge is 2.22. The minimum absolute atomic E-state index is 0.216. The van der Waals surface area contributed by atoms with E-state index < -0.39 is 16.1 Å². The summed E-state index contributed by atoms with van der Waals surface area (Å²) in [6.07, 6.45) is 0. The Balaban J connectivity index is 2.00. The van der Waals surface area contributed by atoms with Crippen LogP contribution in [0.5, 0.6) is 0 Å². The summed E-state index contributed by atoms with van der Waals surface area (Å²) in [5, 5.41) is 9.43. The van der Waals surface area contributed by atoms with E-state index in [0.717, 1.165) is 18.7 Å². The molecule has 1 aromatic rings. The number of aryl methyl sites for hydroxylation is 1. The van der Waals surface area contributed by atoms with Crippen LogP contribution < -0.4 is 4.72 Å². The molecule has 0 saturated carbocycles. The average molecular weight is 314 g/mol. The molecule has 2 rings (SSSR count). The molecule has 2 N–H and O–H groups in total. The molecule has 7 heteroatoms. The fraction of sp³-hybridized carbons (Fsp3) is 0.571. The van der Waals surface area contributed by atoms with Gasteiger partial charge in [-0.15, -0.1) is 0 Å². The number of nitrogens with zero attached hydrogens (tertiary/aromatic N) is 1. The van der Waals surface area contributed by atoms with Crippen LogP contribution >= 0.6 is 0 Å². The maximum atomic E-state index is 12.3. The van der Waals surface area contributed by atoms with Gasteiger partial charge in [-0.3, -0.25) is 4.90 Å². The van der Waals surface area contributed by atoms with Gasteiger partial charge in [0.2, 0.25) is 10.0 Å². The summed E-state index contributed by atoms with van der Waals surface area (Å²) in [5.41, 5.74) is 1.00. The van der Waals surface area contributed by atoms with Crippen LogP contribution in [-0.2, 0) is 14.8 Å². The molecule has 0 radical (unpaired) electrons. The molecule has 118 valence electrons. The van der Waals surface area contributed by atoms with Gasteiger partial charge >= 0.3 is 0 Å². The van der Waals surface area contributed by atoms with Crippen LogP contribution in [0.2, 0.25) is 0 Å². The van der Waals surface area contributed by atoms with Crippen molar-refractivity contribution in [2.24, 2.45) is 0 Å². The van der Waals surface area contributed by atoms with Crippen LogP contribution in [0.4, 0.5) is 0 Å². The molecule has 6 nitrogen and oxygen atoms in total. The first-order valence-corrected chi connectivity index (χ1v) is 8.49. The summed E-state index contributed by atoms with van der Waals surface area (Å²) in [7, 11) is -3.61. The van der Waals surface area contributed by atoms with E-state index in [1.165, 1.54) is 0 Å². The Bertz CT molecular complexity index is 539. The first kappa shape index (κ1) is 16.4. The first-order valence-electron chi connectivity index (χ1n) is 7.01. The molecule has 1 heterocycles. The Morgan fingerprint density at radius 2 is 1.90 bits per heavy atom. The number of aliphatic hydroxyl groups is 1. The zero-order valence-electron chi connectivity index (χ0n) is 12.2. The molecule has 1 saturated heterocycles. The Morgan fingerprint density at radius 1 is 1.29 bits per heavy atom. The van der Waals surface area contributed by atoms with Gasteiger partial charge in [-0.2, -0.15) is 0 Å². The molecule has 0 spiro atoms. The predicted octanol–water partition coefficient (Wildman–Crippen LogP) is -0.0336. The lowest BCUT2D eigenvalue weighted by atomic mass is 10.2. The summed E-state index contributed by atoms with van der Waals surface area (Å²) >= 11 is 0. The Hall–Kier alpha value is -0.990. The molecule has 21 heavy (non-hydrogen) atoms. The lowest BCUT2D eigenvalue weighted by molar-refractivity contribution is 0.0314. The molecule has 1 unspecified atom stereocenters. The van der Waals surface area contributed by atoms with Crippen molar-refractivity contribution in [2.45, 2.75) is 17.9 Å². The molecule has 0 bridgehead atoms. The van der Waals surface area contributed by atoms with Gasteiger partial charge in [0, 0.05) is 19.6 Å². The lowest BCUT2D eigenvalue weighted by Crippen LogP contribution is -2.48. The van der Waals surface area contributed by atoms with E-state index in [2.05, 4.69) is 9.62 Å². The zero-order valence-corrected chi connectivity index (χ0v) is 13.0. The molecular formula is C14H22N2O4S. The van der Waals surface area contributed by atoms with E-state index in [9.17, 15) is 13.5 Å². The van der Waals surface area contributed by atoms with Gasteiger partial charge in [-0.1, -0.05) is 17.7 Å². The minimum atomic E-state index is -3.61. The number of aliphatic hydroxyl groups excluding tert-OH is 1. The molecule has 0 aliphatic carbocycles. The van der Waals surface area contributed by atoms with Crippen LogP contribution in [0, 0.1) is 6.92 Å². The van der Waals surface area contributed by atoms with Crippen LogP contribution in [0.25, 0.3) is 0 Å². The monoisotopic (exact) mass is 314 g/mol. The predicted molar refractivity (Wildman–Crippen MR) is 79.6 cm³/mol. The van der Waals surface area contributed by atoms with E-state index in [4.69, 9.17) is 4.74 Å². The van der Waals surface area contributed by atoms with Crippen LogP contribution in [0.15, 0.2) is 29.2 Å². The number of nitrogens with one attached hydrogen (secondary N) is 1. The Labute approximate surface area is 125 Å². The molecule has 1 atom stereocenters. The van der Waals surface area contributed by atoms with Gasteiger partial charge < -0.3 is 9.84 Å². The van der Waals surface area contributed by atoms with Crippen LogP contribution in [0.3, 0.4) is 0 Å². The molecule has 0 aromatic heterocycles. The van der Waals surface area contributed by atoms with Crippen LogP contribution in [0.1, 0.15) is 5.56 Å². The fourth-order valence-corrected chi connectivity index (χ4v) is 3.45. The molecular weight excluding hydrogens is 292 g/mol. The number of ether oxygens (including phenoxy) is 1. The average Bonchev–Trinajstić information content (AvgIpc) is 2.48. The Kier molecular flexibility index (Phi) is 5.72. The van der Waals surface area contributed by atoms with Gasteiger partial charge in [0.25, 0.3) is 0 Å². The molecule has 0 amide bonds. The highest BCUT2D eigenvalue weighted by molar-refractivity contribution is 7.89. The van der Waals surface area contributed by atoms with Crippen molar-refractivity contribution >= 4 is 10.0 Å². The van der Waals surface area contributed by atoms with Crippen molar-refractivity contribution in [3.8, 4) is 0 Å². The van der Waals surface area contributed by atoms with Crippen molar-refractivity contribution in [2.75, 3.05) is 39.5 Å². The van der Waals surface area contributed by atoms with E-state index >= 15 is 0 Å². The largest absolute Gasteiger partial charge is 0.395 e. The highest BCUT2D eigenvalue weighted by Crippen LogP contribution is 2.11. The number of hydrogen-bond donors (Lipinski definition) is 2. The standard InChI is InChI=1S/C14H22N2O4S/c1-12-2-4-14(5-3-12)21(18,19)15-13(11-17)10-16-6-8-20-9-7-16/h2-5,13,15,17H,6-11H2,1H3. The second-order valence-corrected chi connectivity index (χ2v) is 6.94. The number of benzene rings is 1. The summed E-state index contributed by atoms with van der Waals surface area (Å²) in [6, 6.07) is 6.13. The number of hydrogen-bond acceptors (Lipinski definition) is 5. The molecule has 1 fully saturated rings. The van der Waals surface area contributed by atoms with E-state index in [0.29, 0.717) is 19.8 Å². The normalized spacial score (nSPS) is 18.6. The summed E-state index contributed by atoms with van der Waals surface area (Å²) in [4.78, 5) is 2.30. The second kappa shape index (κ2) is 7.33. The van der Waals surface area contributed by atoms with E-state index in [1.54, 1.807) is 24.3 Å². The van der Waals surface area contributed by atoms with Crippen molar-refractivity contribution in [1.82, 2.24) is 9.62 Å². The first-order chi connectivity index (χ1) is 10.0. The topological polar surface area (TPSA) is 78.9 Å². The number of rotatable bonds is 6. The molecule has 1 aromatic carbocycles. The van der Waals surface area contributed by atoms with Crippen molar-refractivity contribution < 1.29 is 18.3 Å². The van der Waals surface area contributed by atoms with Gasteiger partial charge in [-0.25, -0.2) is 13.1 Å². The maximum Gasteiger partial charge on any atom is 0.240 e. The maximum absolute atomic E-state index is 12.3. The second-order valence-electron chi connectivity index (χ2n) is 5.23. The smallest absolute Gasteiger partial charge is 0.240 e. The zero-order chi connectivity index (χ0) is 15.3. The van der Waals surface area contributed by atoms with Crippen molar-refractivity contribution in [3.05, 3.63) is 29.8 Å². The lowest BCUT2D eigenvalue weighted by Gasteiger charge is -2.30. The van der Waals surface area contributed by atoms with Gasteiger partial charge in [0.1, 0.15) is 0 Å². The SMILES string of the molecule is Cc1ccc(S(=O)(=O)NC(CO)CN2CCOCC2)cc1. The third-order valence-electron chi connectivity index (χ3n) is 3.46. The molecule has 1 aliphatic rings. The van der Waals surface area contributed by atoms with Crippen molar-refractivity contribution in [1.29, 1.82) is 0 Å². The van der Waals surface area contributed by atoms with Gasteiger partial charge in [0.05, 0.1) is 30.8 Å². The van der Waals surface area contributed by atoms with Crippen molar-refractivity contribution in [3.63, 3.8) is 0 Å². The third kappa shape index (κ3) is 4.76. The quantitative estimate of drug-likeness (QED) is 0.771. The fourth-order valence-electron chi connectivity index (χ4n) is 2.23. The summed E-state index contributed by atoms with van der Waals surface area (Å²) in [6.45, 7) is 4.93. The number of sulfonamides is 1. The third-order valence-corrected chi connectivity index (χ3v) is 4.99. The van der Waals surface area contributed by atoms with Crippen LogP contribution in [-0.4, -0.2) is 63.9 Å². The highest BCUT2D eigenvalue weighted by atomic mass is 32.2. The Morgan fingerprint density at radius 3 is 2.48 bits per heavy atom. The van der Waals surface area contributed by atoms with E-state index in [1.807, 2.05) is 6.92 Å². The van der Waals surface area contributed by atoms with E-state index in [-0.39, 0.29) is 11.5 Å². The molecule has 1 aliphatic heterocycles.